The number of nitrogens with zero attached hydrogens (tertiary/aromatic N) is 5. The third-order valence-electron chi connectivity index (χ3n) is 5.63. The maximum atomic E-state index is 12.4. The van der Waals surface area contributed by atoms with Crippen molar-refractivity contribution in [1.82, 2.24) is 24.4 Å². The van der Waals surface area contributed by atoms with Crippen molar-refractivity contribution in [2.45, 2.75) is 57.0 Å². The first-order valence-corrected chi connectivity index (χ1v) is 9.45. The van der Waals surface area contributed by atoms with Crippen LogP contribution in [0.3, 0.4) is 0 Å². The van der Waals surface area contributed by atoms with Gasteiger partial charge in [0.2, 0.25) is 0 Å². The Balaban J connectivity index is 1.27. The molecule has 0 aromatic carbocycles. The van der Waals surface area contributed by atoms with E-state index in [-0.39, 0.29) is 11.6 Å². The molecule has 2 aliphatic carbocycles. The molecule has 0 aliphatic heterocycles. The molecular weight excluding hydrogens is 328 g/mol. The van der Waals surface area contributed by atoms with E-state index in [9.17, 15) is 4.79 Å². The number of aryl methyl sites for hydroxylation is 2. The van der Waals surface area contributed by atoms with Gasteiger partial charge in [0.15, 0.2) is 5.65 Å². The quantitative estimate of drug-likeness (QED) is 0.785. The highest BCUT2D eigenvalue weighted by atomic mass is 16.1. The van der Waals surface area contributed by atoms with E-state index in [1.165, 1.54) is 0 Å². The maximum absolute atomic E-state index is 12.4. The number of hydrogen-bond acceptors (Lipinski definition) is 5. The minimum Gasteiger partial charge on any atom is -0.366 e. The molecule has 0 amide bonds. The molecule has 0 spiro atoms. The van der Waals surface area contributed by atoms with E-state index in [1.54, 1.807) is 15.4 Å². The van der Waals surface area contributed by atoms with Crippen LogP contribution in [0.2, 0.25) is 0 Å². The number of imidazole rings is 1. The lowest BCUT2D eigenvalue weighted by Crippen LogP contribution is -2.34. The molecular formula is C19H22N6O. The van der Waals surface area contributed by atoms with Gasteiger partial charge < -0.3 is 5.32 Å². The molecule has 0 atom stereocenters. The number of nitrogens with one attached hydrogen (secondary N) is 1. The molecule has 2 aliphatic rings. The van der Waals surface area contributed by atoms with Gasteiger partial charge in [-0.1, -0.05) is 0 Å². The highest BCUT2D eigenvalue weighted by Gasteiger charge is 2.25. The molecule has 1 saturated carbocycles. The van der Waals surface area contributed by atoms with Crippen molar-refractivity contribution >= 4 is 11.5 Å². The van der Waals surface area contributed by atoms with Crippen LogP contribution < -0.4 is 10.9 Å². The summed E-state index contributed by atoms with van der Waals surface area (Å²) in [6.45, 7) is 0. The number of fused-ring (bicyclic) bond motifs is 2. The molecule has 5 rings (SSSR count). The summed E-state index contributed by atoms with van der Waals surface area (Å²) in [6.07, 6.45) is 10.7. The summed E-state index contributed by atoms with van der Waals surface area (Å²) in [5, 5.41) is 12.7. The Morgan fingerprint density at radius 1 is 1.08 bits per heavy atom. The highest BCUT2D eigenvalue weighted by molar-refractivity contribution is 5.44. The molecule has 0 saturated heterocycles. The van der Waals surface area contributed by atoms with Gasteiger partial charge in [-0.05, 0) is 62.6 Å². The van der Waals surface area contributed by atoms with Crippen LogP contribution in [0.1, 0.15) is 49.4 Å². The van der Waals surface area contributed by atoms with Crippen LogP contribution in [-0.4, -0.2) is 30.4 Å². The number of aromatic nitrogens is 5. The largest absolute Gasteiger partial charge is 0.366 e. The minimum atomic E-state index is 0.0642. The van der Waals surface area contributed by atoms with Gasteiger partial charge in [-0.25, -0.2) is 14.2 Å². The van der Waals surface area contributed by atoms with Crippen LogP contribution >= 0.6 is 0 Å². The average molecular weight is 350 g/mol. The van der Waals surface area contributed by atoms with Gasteiger partial charge >= 0.3 is 0 Å². The fraction of sp³-hybridized carbons (Fsp3) is 0.474. The SMILES string of the molecule is O=c1cc2c(nn1C1CCC(Nc3ccc4nccn4n3)CC1)CCC2. The third-order valence-corrected chi connectivity index (χ3v) is 5.63. The smallest absolute Gasteiger partial charge is 0.267 e. The molecule has 3 heterocycles. The van der Waals surface area contributed by atoms with Gasteiger partial charge in [0, 0.05) is 24.5 Å². The molecule has 3 aromatic heterocycles. The fourth-order valence-corrected chi connectivity index (χ4v) is 4.24. The first kappa shape index (κ1) is 15.5. The Morgan fingerprint density at radius 3 is 2.85 bits per heavy atom. The molecule has 1 fully saturated rings. The van der Waals surface area contributed by atoms with E-state index in [0.717, 1.165) is 67.7 Å². The standard InChI is InChI=1S/C19H22N6O/c26-19-12-13-2-1-3-16(13)22-25(19)15-6-4-14(5-7-15)21-17-8-9-18-20-10-11-24(18)23-17/h8-12,14-15H,1-7H2,(H,21,23). The monoisotopic (exact) mass is 350 g/mol. The molecule has 0 bridgehead atoms. The van der Waals surface area contributed by atoms with Crippen molar-refractivity contribution in [2.75, 3.05) is 5.32 Å². The molecule has 134 valence electrons. The van der Waals surface area contributed by atoms with Crippen LogP contribution in [0.4, 0.5) is 5.82 Å². The zero-order valence-corrected chi connectivity index (χ0v) is 14.6. The van der Waals surface area contributed by atoms with Gasteiger partial charge in [0.05, 0.1) is 11.7 Å². The van der Waals surface area contributed by atoms with E-state index in [1.807, 2.05) is 24.4 Å². The second kappa shape index (κ2) is 6.23. The summed E-state index contributed by atoms with van der Waals surface area (Å²) in [7, 11) is 0. The Bertz CT molecular complexity index is 999. The lowest BCUT2D eigenvalue weighted by atomic mass is 9.91. The molecule has 7 heteroatoms. The molecule has 1 N–H and O–H groups in total. The molecule has 26 heavy (non-hydrogen) atoms. The minimum absolute atomic E-state index is 0.0642. The second-order valence-electron chi connectivity index (χ2n) is 7.35. The van der Waals surface area contributed by atoms with E-state index in [4.69, 9.17) is 0 Å². The second-order valence-corrected chi connectivity index (χ2v) is 7.35. The van der Waals surface area contributed by atoms with Crippen molar-refractivity contribution < 1.29 is 0 Å². The Hall–Kier alpha value is -2.70. The summed E-state index contributed by atoms with van der Waals surface area (Å²) in [5.74, 6) is 0.867. The van der Waals surface area contributed by atoms with Gasteiger partial charge in [0.25, 0.3) is 5.56 Å². The fourth-order valence-electron chi connectivity index (χ4n) is 4.24. The predicted octanol–water partition coefficient (Wildman–Crippen LogP) is 2.37. The van der Waals surface area contributed by atoms with Crippen molar-refractivity contribution in [2.24, 2.45) is 0 Å². The normalized spacial score (nSPS) is 22.5. The van der Waals surface area contributed by atoms with Crippen molar-refractivity contribution in [1.29, 1.82) is 0 Å². The Kier molecular flexibility index (Phi) is 3.72. The Morgan fingerprint density at radius 2 is 1.96 bits per heavy atom. The number of rotatable bonds is 3. The first-order chi connectivity index (χ1) is 12.8. The van der Waals surface area contributed by atoms with E-state index >= 15 is 0 Å². The van der Waals surface area contributed by atoms with Crippen molar-refractivity contribution in [3.05, 3.63) is 52.2 Å². The average Bonchev–Trinajstić information content (AvgIpc) is 3.30. The summed E-state index contributed by atoms with van der Waals surface area (Å²) < 4.78 is 3.53. The summed E-state index contributed by atoms with van der Waals surface area (Å²) in [4.78, 5) is 16.6. The molecule has 0 radical (unpaired) electrons. The summed E-state index contributed by atoms with van der Waals surface area (Å²) in [6, 6.07) is 6.35. The first-order valence-electron chi connectivity index (χ1n) is 9.45. The van der Waals surface area contributed by atoms with Crippen LogP contribution in [0.5, 0.6) is 0 Å². The predicted molar refractivity (Wildman–Crippen MR) is 98.4 cm³/mol. The molecule has 0 unspecified atom stereocenters. The lowest BCUT2D eigenvalue weighted by Gasteiger charge is -2.30. The van der Waals surface area contributed by atoms with Gasteiger partial charge in [-0.3, -0.25) is 4.79 Å². The van der Waals surface area contributed by atoms with Crippen LogP contribution in [0, 0.1) is 0 Å². The van der Waals surface area contributed by atoms with Crippen LogP contribution in [0.15, 0.2) is 35.4 Å². The topological polar surface area (TPSA) is 77.1 Å². The summed E-state index contributed by atoms with van der Waals surface area (Å²) >= 11 is 0. The van der Waals surface area contributed by atoms with Gasteiger partial charge in [-0.2, -0.15) is 5.10 Å². The van der Waals surface area contributed by atoms with Crippen molar-refractivity contribution in [3.8, 4) is 0 Å². The van der Waals surface area contributed by atoms with Gasteiger partial charge in [-0.15, -0.1) is 5.10 Å². The van der Waals surface area contributed by atoms with Crippen molar-refractivity contribution in [3.63, 3.8) is 0 Å². The lowest BCUT2D eigenvalue weighted by molar-refractivity contribution is 0.301. The Labute approximate surface area is 151 Å². The molecule has 3 aromatic rings. The van der Waals surface area contributed by atoms with Crippen LogP contribution in [-0.2, 0) is 12.8 Å². The number of anilines is 1. The van der Waals surface area contributed by atoms with Crippen LogP contribution in [0.25, 0.3) is 5.65 Å². The third kappa shape index (κ3) is 2.77. The zero-order chi connectivity index (χ0) is 17.5. The van der Waals surface area contributed by atoms with Gasteiger partial charge in [0.1, 0.15) is 5.82 Å². The molecule has 7 nitrogen and oxygen atoms in total. The number of hydrogen-bond donors (Lipinski definition) is 1. The zero-order valence-electron chi connectivity index (χ0n) is 14.6. The van der Waals surface area contributed by atoms with E-state index in [0.29, 0.717) is 6.04 Å². The van der Waals surface area contributed by atoms with E-state index in [2.05, 4.69) is 20.5 Å². The highest BCUT2D eigenvalue weighted by Crippen LogP contribution is 2.29. The van der Waals surface area contributed by atoms with E-state index < -0.39 is 0 Å². The maximum Gasteiger partial charge on any atom is 0.267 e. The summed E-state index contributed by atoms with van der Waals surface area (Å²) in [5.41, 5.74) is 3.20.